The van der Waals surface area contributed by atoms with E-state index in [1.54, 1.807) is 7.11 Å². The molecule has 1 fully saturated rings. The molecule has 3 atom stereocenters. The van der Waals surface area contributed by atoms with Crippen molar-refractivity contribution in [3.8, 4) is 5.75 Å². The monoisotopic (exact) mass is 293 g/mol. The van der Waals surface area contributed by atoms with Crippen LogP contribution in [0.2, 0.25) is 0 Å². The van der Waals surface area contributed by atoms with E-state index in [0.29, 0.717) is 17.9 Å². The molecule has 0 radical (unpaired) electrons. The molecule has 2 aliphatic rings. The molecule has 0 spiro atoms. The summed E-state index contributed by atoms with van der Waals surface area (Å²) in [6.45, 7) is 3.29. The molecule has 2 aromatic carbocycles. The van der Waals surface area contributed by atoms with Gasteiger partial charge in [0.15, 0.2) is 0 Å². The van der Waals surface area contributed by atoms with Gasteiger partial charge in [0.05, 0.1) is 7.11 Å². The van der Waals surface area contributed by atoms with Crippen molar-refractivity contribution < 1.29 is 4.74 Å². The van der Waals surface area contributed by atoms with Crippen molar-refractivity contribution in [1.29, 1.82) is 0 Å². The van der Waals surface area contributed by atoms with Crippen LogP contribution in [0.15, 0.2) is 42.5 Å². The number of piperidine rings is 1. The van der Waals surface area contributed by atoms with E-state index in [-0.39, 0.29) is 0 Å². The molecular weight excluding hydrogens is 270 g/mol. The Morgan fingerprint density at radius 2 is 1.86 bits per heavy atom. The van der Waals surface area contributed by atoms with Crippen LogP contribution in [0.25, 0.3) is 0 Å². The first kappa shape index (κ1) is 13.8. The third-order valence-electron chi connectivity index (χ3n) is 5.34. The van der Waals surface area contributed by atoms with E-state index < -0.39 is 0 Å². The predicted molar refractivity (Wildman–Crippen MR) is 89.5 cm³/mol. The lowest BCUT2D eigenvalue weighted by Gasteiger charge is -2.31. The summed E-state index contributed by atoms with van der Waals surface area (Å²) in [6.07, 6.45) is 2.57. The topological polar surface area (TPSA) is 21.3 Å². The van der Waals surface area contributed by atoms with Gasteiger partial charge in [-0.3, -0.25) is 0 Å². The van der Waals surface area contributed by atoms with Crippen LogP contribution in [-0.4, -0.2) is 13.7 Å². The zero-order valence-corrected chi connectivity index (χ0v) is 13.3. The quantitative estimate of drug-likeness (QED) is 0.896. The molecule has 2 heteroatoms. The Morgan fingerprint density at radius 3 is 2.64 bits per heavy atom. The van der Waals surface area contributed by atoms with E-state index in [9.17, 15) is 0 Å². The van der Waals surface area contributed by atoms with Crippen molar-refractivity contribution in [2.24, 2.45) is 5.92 Å². The lowest BCUT2D eigenvalue weighted by molar-refractivity contribution is 0.287. The summed E-state index contributed by atoms with van der Waals surface area (Å²) in [5, 5.41) is 3.75. The highest BCUT2D eigenvalue weighted by molar-refractivity contribution is 5.49. The molecule has 4 rings (SSSR count). The normalized spacial score (nSPS) is 26.4. The van der Waals surface area contributed by atoms with Crippen LogP contribution in [0.3, 0.4) is 0 Å². The molecule has 0 aromatic heterocycles. The number of fused-ring (bicyclic) bond motifs is 3. The van der Waals surface area contributed by atoms with E-state index in [0.717, 1.165) is 12.3 Å². The third-order valence-corrected chi connectivity index (χ3v) is 5.34. The molecule has 0 bridgehead atoms. The summed E-state index contributed by atoms with van der Waals surface area (Å²) in [4.78, 5) is 0. The average molecular weight is 293 g/mol. The van der Waals surface area contributed by atoms with E-state index in [2.05, 4.69) is 54.7 Å². The van der Waals surface area contributed by atoms with E-state index in [1.165, 1.54) is 35.1 Å². The highest BCUT2D eigenvalue weighted by atomic mass is 16.5. The van der Waals surface area contributed by atoms with Gasteiger partial charge in [0, 0.05) is 12.0 Å². The van der Waals surface area contributed by atoms with Gasteiger partial charge in [-0.05, 0) is 61.1 Å². The second kappa shape index (κ2) is 5.44. The molecule has 1 saturated heterocycles. The van der Waals surface area contributed by atoms with Gasteiger partial charge in [0.2, 0.25) is 0 Å². The van der Waals surface area contributed by atoms with Gasteiger partial charge in [0.25, 0.3) is 0 Å². The SMILES string of the molecule is COc1ccc2c(c1)[C@H](c1ccc(C)cc1)[C@@H]1CCCN[C@H]21. The van der Waals surface area contributed by atoms with Crippen molar-refractivity contribution in [1.82, 2.24) is 5.32 Å². The van der Waals surface area contributed by atoms with Crippen LogP contribution in [-0.2, 0) is 0 Å². The lowest BCUT2D eigenvalue weighted by Crippen LogP contribution is -2.32. The minimum atomic E-state index is 0.489. The maximum absolute atomic E-state index is 5.48. The molecule has 22 heavy (non-hydrogen) atoms. The molecule has 1 aliphatic carbocycles. The Balaban J connectivity index is 1.84. The molecule has 0 saturated carbocycles. The highest BCUT2D eigenvalue weighted by Crippen LogP contribution is 2.52. The van der Waals surface area contributed by atoms with Gasteiger partial charge in [0.1, 0.15) is 5.75 Å². The molecule has 0 amide bonds. The second-order valence-electron chi connectivity index (χ2n) is 6.62. The average Bonchev–Trinajstić information content (AvgIpc) is 2.89. The zero-order valence-electron chi connectivity index (χ0n) is 13.3. The number of nitrogens with one attached hydrogen (secondary N) is 1. The van der Waals surface area contributed by atoms with Crippen LogP contribution in [0.1, 0.15) is 47.1 Å². The molecule has 0 unspecified atom stereocenters. The molecule has 1 heterocycles. The first-order valence-electron chi connectivity index (χ1n) is 8.25. The van der Waals surface area contributed by atoms with Crippen LogP contribution in [0.5, 0.6) is 5.75 Å². The summed E-state index contributed by atoms with van der Waals surface area (Å²) < 4.78 is 5.48. The van der Waals surface area contributed by atoms with Crippen molar-refractivity contribution in [2.75, 3.05) is 13.7 Å². The van der Waals surface area contributed by atoms with E-state index in [4.69, 9.17) is 4.74 Å². The van der Waals surface area contributed by atoms with Gasteiger partial charge in [-0.2, -0.15) is 0 Å². The number of methoxy groups -OCH3 is 1. The Hall–Kier alpha value is -1.80. The molecular formula is C20H23NO. The highest BCUT2D eigenvalue weighted by Gasteiger charge is 2.42. The maximum atomic E-state index is 5.48. The van der Waals surface area contributed by atoms with Gasteiger partial charge in [-0.15, -0.1) is 0 Å². The molecule has 2 nitrogen and oxygen atoms in total. The fourth-order valence-corrected chi connectivity index (χ4v) is 4.28. The number of rotatable bonds is 2. The first-order chi connectivity index (χ1) is 10.8. The molecule has 1 N–H and O–H groups in total. The second-order valence-corrected chi connectivity index (χ2v) is 6.62. The Bertz CT molecular complexity index is 677. The van der Waals surface area contributed by atoms with Crippen molar-refractivity contribution in [3.63, 3.8) is 0 Å². The number of hydrogen-bond donors (Lipinski definition) is 1. The van der Waals surface area contributed by atoms with Crippen LogP contribution >= 0.6 is 0 Å². The van der Waals surface area contributed by atoms with Crippen LogP contribution in [0.4, 0.5) is 0 Å². The minimum Gasteiger partial charge on any atom is -0.497 e. The molecule has 114 valence electrons. The Labute approximate surface area is 132 Å². The Morgan fingerprint density at radius 1 is 1.05 bits per heavy atom. The summed E-state index contributed by atoms with van der Waals surface area (Å²) >= 11 is 0. The van der Waals surface area contributed by atoms with Gasteiger partial charge >= 0.3 is 0 Å². The van der Waals surface area contributed by atoms with Gasteiger partial charge in [-0.1, -0.05) is 35.9 Å². The fourth-order valence-electron chi connectivity index (χ4n) is 4.28. The summed E-state index contributed by atoms with van der Waals surface area (Å²) in [7, 11) is 1.75. The van der Waals surface area contributed by atoms with Crippen molar-refractivity contribution in [2.45, 2.75) is 31.7 Å². The zero-order chi connectivity index (χ0) is 15.1. The number of hydrogen-bond acceptors (Lipinski definition) is 2. The van der Waals surface area contributed by atoms with Gasteiger partial charge in [-0.25, -0.2) is 0 Å². The maximum Gasteiger partial charge on any atom is 0.119 e. The summed E-state index contributed by atoms with van der Waals surface area (Å²) in [5.74, 6) is 2.12. The predicted octanol–water partition coefficient (Wildman–Crippen LogP) is 4.19. The number of aryl methyl sites for hydroxylation is 1. The first-order valence-corrected chi connectivity index (χ1v) is 8.25. The Kier molecular flexibility index (Phi) is 3.42. The summed E-state index contributed by atoms with van der Waals surface area (Å²) in [6, 6.07) is 16.2. The van der Waals surface area contributed by atoms with E-state index >= 15 is 0 Å². The minimum absolute atomic E-state index is 0.489. The largest absolute Gasteiger partial charge is 0.497 e. The third kappa shape index (κ3) is 2.14. The van der Waals surface area contributed by atoms with Crippen molar-refractivity contribution >= 4 is 0 Å². The molecule has 1 aliphatic heterocycles. The van der Waals surface area contributed by atoms with Crippen molar-refractivity contribution in [3.05, 3.63) is 64.7 Å². The smallest absolute Gasteiger partial charge is 0.119 e. The van der Waals surface area contributed by atoms with Crippen LogP contribution in [0, 0.1) is 12.8 Å². The summed E-state index contributed by atoms with van der Waals surface area (Å²) in [5.41, 5.74) is 5.69. The van der Waals surface area contributed by atoms with E-state index in [1.807, 2.05) is 0 Å². The van der Waals surface area contributed by atoms with Gasteiger partial charge < -0.3 is 10.1 Å². The van der Waals surface area contributed by atoms with Crippen LogP contribution < -0.4 is 10.1 Å². The number of benzene rings is 2. The molecule has 2 aromatic rings. The standard InChI is InChI=1S/C20H23NO/c1-13-5-7-14(8-6-13)19-17-4-3-11-21-20(17)16-10-9-15(22-2)12-18(16)19/h5-10,12,17,19-21H,3-4,11H2,1-2H3/t17-,19+,20+/m0/s1. The fraction of sp³-hybridized carbons (Fsp3) is 0.400. The number of ether oxygens (including phenoxy) is 1. The lowest BCUT2D eigenvalue weighted by atomic mass is 9.80.